The van der Waals surface area contributed by atoms with Crippen molar-refractivity contribution in [2.24, 2.45) is 17.8 Å². The van der Waals surface area contributed by atoms with E-state index in [1.54, 1.807) is 13.8 Å². The first kappa shape index (κ1) is 17.9. The Bertz CT molecular complexity index is 375. The summed E-state index contributed by atoms with van der Waals surface area (Å²) in [5, 5.41) is 0. The maximum absolute atomic E-state index is 12.2. The molecular weight excluding hydrogens is 268 g/mol. The van der Waals surface area contributed by atoms with Crippen molar-refractivity contribution < 1.29 is 19.1 Å². The maximum Gasteiger partial charge on any atom is 0.316 e. The molecule has 1 aliphatic carbocycles. The molecule has 1 rings (SSSR count). The van der Waals surface area contributed by atoms with Gasteiger partial charge in [-0.05, 0) is 25.7 Å². The molecule has 0 spiro atoms. The molecule has 0 heterocycles. The summed E-state index contributed by atoms with van der Waals surface area (Å²) in [5.41, 5.74) is 0. The number of ketones is 2. The number of rotatable bonds is 9. The van der Waals surface area contributed by atoms with Gasteiger partial charge in [-0.25, -0.2) is 0 Å². The molecule has 0 N–H and O–H groups in total. The predicted molar refractivity (Wildman–Crippen MR) is 80.8 cm³/mol. The molecule has 0 aromatic rings. The minimum absolute atomic E-state index is 0.0892. The van der Waals surface area contributed by atoms with Crippen LogP contribution in [0.3, 0.4) is 0 Å². The smallest absolute Gasteiger partial charge is 0.316 e. The number of Topliss-reactive ketones (excluding diaryl/α,β-unsaturated/α-hetero) is 2. The number of carbonyl (C=O) groups excluding carboxylic acids is 3. The Morgan fingerprint density at radius 3 is 2.52 bits per heavy atom. The van der Waals surface area contributed by atoms with Crippen molar-refractivity contribution in [1.82, 2.24) is 0 Å². The van der Waals surface area contributed by atoms with Gasteiger partial charge in [0.2, 0.25) is 0 Å². The number of ether oxygens (including phenoxy) is 1. The van der Waals surface area contributed by atoms with Gasteiger partial charge in [-0.2, -0.15) is 0 Å². The molecule has 0 saturated heterocycles. The molecule has 4 heteroatoms. The summed E-state index contributed by atoms with van der Waals surface area (Å²) in [5.74, 6) is -1.34. The molecule has 3 unspecified atom stereocenters. The van der Waals surface area contributed by atoms with Gasteiger partial charge in [0, 0.05) is 18.8 Å². The maximum atomic E-state index is 12.2. The topological polar surface area (TPSA) is 60.4 Å². The average molecular weight is 296 g/mol. The highest BCUT2D eigenvalue weighted by atomic mass is 16.5. The molecule has 120 valence electrons. The van der Waals surface area contributed by atoms with Crippen molar-refractivity contribution in [3.8, 4) is 0 Å². The van der Waals surface area contributed by atoms with Gasteiger partial charge < -0.3 is 4.74 Å². The molecule has 0 radical (unpaired) electrons. The number of carbonyl (C=O) groups is 3. The van der Waals surface area contributed by atoms with Crippen molar-refractivity contribution in [2.45, 2.75) is 65.7 Å². The predicted octanol–water partition coefficient (Wildman–Crippen LogP) is 3.32. The third-order valence-electron chi connectivity index (χ3n) is 4.44. The van der Waals surface area contributed by atoms with Crippen LogP contribution in [0.15, 0.2) is 0 Å². The second kappa shape index (κ2) is 8.96. The van der Waals surface area contributed by atoms with E-state index in [0.717, 1.165) is 25.7 Å². The van der Waals surface area contributed by atoms with Gasteiger partial charge in [-0.3, -0.25) is 14.4 Å². The highest BCUT2D eigenvalue weighted by molar-refractivity contribution is 6.00. The first-order valence-corrected chi connectivity index (χ1v) is 8.28. The monoisotopic (exact) mass is 296 g/mol. The van der Waals surface area contributed by atoms with Crippen molar-refractivity contribution in [3.63, 3.8) is 0 Å². The lowest BCUT2D eigenvalue weighted by Gasteiger charge is -2.25. The summed E-state index contributed by atoms with van der Waals surface area (Å²) in [6, 6.07) is 0. The van der Waals surface area contributed by atoms with Crippen LogP contribution in [-0.4, -0.2) is 24.1 Å². The van der Waals surface area contributed by atoms with E-state index in [0.29, 0.717) is 19.3 Å². The van der Waals surface area contributed by atoms with Gasteiger partial charge in [0.15, 0.2) is 0 Å². The largest absolute Gasteiger partial charge is 0.465 e. The van der Waals surface area contributed by atoms with E-state index < -0.39 is 11.9 Å². The van der Waals surface area contributed by atoms with Gasteiger partial charge in [-0.1, -0.05) is 33.1 Å². The van der Waals surface area contributed by atoms with Crippen LogP contribution in [0, 0.1) is 17.8 Å². The molecule has 3 atom stereocenters. The fourth-order valence-electron chi connectivity index (χ4n) is 3.32. The Balaban J connectivity index is 2.85. The van der Waals surface area contributed by atoms with E-state index in [9.17, 15) is 14.4 Å². The van der Waals surface area contributed by atoms with Gasteiger partial charge in [-0.15, -0.1) is 0 Å². The minimum Gasteiger partial charge on any atom is -0.465 e. The number of unbranched alkanes of at least 4 members (excludes halogenated alkanes) is 2. The Kier molecular flexibility index (Phi) is 7.62. The second-order valence-corrected chi connectivity index (χ2v) is 5.82. The molecule has 0 aromatic carbocycles. The Morgan fingerprint density at radius 1 is 1.24 bits per heavy atom. The summed E-state index contributed by atoms with van der Waals surface area (Å²) in [6.45, 7) is 5.89. The summed E-state index contributed by atoms with van der Waals surface area (Å²) in [4.78, 5) is 36.5. The van der Waals surface area contributed by atoms with Gasteiger partial charge in [0.1, 0.15) is 17.5 Å². The SMILES string of the molecule is CCCCCC1C(=O)CCC1C(C(=O)CC)C(=O)OCC. The number of esters is 1. The second-order valence-electron chi connectivity index (χ2n) is 5.82. The van der Waals surface area contributed by atoms with E-state index >= 15 is 0 Å². The highest BCUT2D eigenvalue weighted by Crippen LogP contribution is 2.39. The van der Waals surface area contributed by atoms with Crippen LogP contribution in [0.5, 0.6) is 0 Å². The average Bonchev–Trinajstić information content (AvgIpc) is 2.81. The van der Waals surface area contributed by atoms with E-state index in [4.69, 9.17) is 4.74 Å². The molecule has 21 heavy (non-hydrogen) atoms. The van der Waals surface area contributed by atoms with E-state index in [1.165, 1.54) is 0 Å². The lowest BCUT2D eigenvalue weighted by atomic mass is 9.78. The van der Waals surface area contributed by atoms with Crippen molar-refractivity contribution in [1.29, 1.82) is 0 Å². The molecule has 1 fully saturated rings. The van der Waals surface area contributed by atoms with Crippen molar-refractivity contribution in [3.05, 3.63) is 0 Å². The molecule has 1 aliphatic rings. The fourth-order valence-corrected chi connectivity index (χ4v) is 3.32. The van der Waals surface area contributed by atoms with Crippen LogP contribution >= 0.6 is 0 Å². The van der Waals surface area contributed by atoms with E-state index in [1.807, 2.05) is 0 Å². The Hall–Kier alpha value is -1.19. The summed E-state index contributed by atoms with van der Waals surface area (Å²) < 4.78 is 5.08. The normalized spacial score (nSPS) is 23.1. The highest BCUT2D eigenvalue weighted by Gasteiger charge is 2.45. The van der Waals surface area contributed by atoms with Gasteiger partial charge in [0.05, 0.1) is 6.61 Å². The van der Waals surface area contributed by atoms with E-state index in [-0.39, 0.29) is 30.0 Å². The van der Waals surface area contributed by atoms with Gasteiger partial charge in [0.25, 0.3) is 0 Å². The van der Waals surface area contributed by atoms with Crippen LogP contribution < -0.4 is 0 Å². The molecule has 0 amide bonds. The van der Waals surface area contributed by atoms with Gasteiger partial charge >= 0.3 is 5.97 Å². The van der Waals surface area contributed by atoms with Crippen LogP contribution in [0.4, 0.5) is 0 Å². The summed E-state index contributed by atoms with van der Waals surface area (Å²) in [7, 11) is 0. The van der Waals surface area contributed by atoms with Crippen LogP contribution in [0.2, 0.25) is 0 Å². The molecule has 4 nitrogen and oxygen atoms in total. The lowest BCUT2D eigenvalue weighted by Crippen LogP contribution is -2.35. The summed E-state index contributed by atoms with van der Waals surface area (Å²) in [6.07, 6.45) is 5.42. The lowest BCUT2D eigenvalue weighted by molar-refractivity contribution is -0.154. The molecule has 1 saturated carbocycles. The van der Waals surface area contributed by atoms with Crippen molar-refractivity contribution in [2.75, 3.05) is 6.61 Å². The minimum atomic E-state index is -0.743. The number of hydrogen-bond donors (Lipinski definition) is 0. The van der Waals surface area contributed by atoms with Crippen LogP contribution in [0.25, 0.3) is 0 Å². The zero-order valence-corrected chi connectivity index (χ0v) is 13.5. The standard InChI is InChI=1S/C17H28O4/c1-4-7-8-9-12-13(10-11-15(12)19)16(14(18)5-2)17(20)21-6-3/h12-13,16H,4-11H2,1-3H3. The molecule has 0 aromatic heterocycles. The third kappa shape index (κ3) is 4.65. The Labute approximate surface area is 127 Å². The molecule has 0 bridgehead atoms. The first-order chi connectivity index (χ1) is 10.1. The third-order valence-corrected chi connectivity index (χ3v) is 4.44. The van der Waals surface area contributed by atoms with Crippen LogP contribution in [-0.2, 0) is 19.1 Å². The Morgan fingerprint density at radius 2 is 1.95 bits per heavy atom. The zero-order valence-electron chi connectivity index (χ0n) is 13.5. The molecule has 0 aliphatic heterocycles. The van der Waals surface area contributed by atoms with E-state index in [2.05, 4.69) is 6.92 Å². The first-order valence-electron chi connectivity index (χ1n) is 8.28. The number of hydrogen-bond acceptors (Lipinski definition) is 4. The van der Waals surface area contributed by atoms with Crippen molar-refractivity contribution >= 4 is 17.5 Å². The van der Waals surface area contributed by atoms with Crippen LogP contribution in [0.1, 0.15) is 65.7 Å². The fraction of sp³-hybridized carbons (Fsp3) is 0.824. The molecular formula is C17H28O4. The summed E-state index contributed by atoms with van der Waals surface area (Å²) >= 11 is 0. The zero-order chi connectivity index (χ0) is 15.8. The quantitative estimate of drug-likeness (QED) is 0.372.